The van der Waals surface area contributed by atoms with E-state index in [0.29, 0.717) is 0 Å². The van der Waals surface area contributed by atoms with Crippen LogP contribution in [-0.2, 0) is 4.79 Å². The minimum absolute atomic E-state index is 0.0648. The summed E-state index contributed by atoms with van der Waals surface area (Å²) in [6.07, 6.45) is 0. The molecular weight excluding hydrogens is 126 g/mol. The summed E-state index contributed by atoms with van der Waals surface area (Å²) in [5.41, 5.74) is 0.0648. The summed E-state index contributed by atoms with van der Waals surface area (Å²) in [5.74, 6) is -1.19. The van der Waals surface area contributed by atoms with E-state index in [2.05, 4.69) is 6.58 Å². The highest BCUT2D eigenvalue weighted by Gasteiger charge is 1.76. The number of carboxylic acids is 1. The van der Waals surface area contributed by atoms with Crippen molar-refractivity contribution in [2.24, 2.45) is 5.34 Å². The third-order valence-electron chi connectivity index (χ3n) is 0.348. The van der Waals surface area contributed by atoms with Crippen LogP contribution in [0.2, 0.25) is 0 Å². The molecule has 0 spiro atoms. The molecule has 0 aromatic heterocycles. The second-order valence-electron chi connectivity index (χ2n) is 1.14. The lowest BCUT2D eigenvalue weighted by atomic mass is 10.4. The molecule has 0 aromatic carbocycles. The fraction of sp³-hybridized carbons (Fsp3) is 0.250. The van der Waals surface area contributed by atoms with Crippen molar-refractivity contribution >= 4 is 5.97 Å². The molecule has 0 N–H and O–H groups in total. The van der Waals surface area contributed by atoms with Crippen LogP contribution < -0.4 is 5.11 Å². The Labute approximate surface area is 51.5 Å². The Balaban J connectivity index is 0. The normalized spacial score (nSPS) is 6.33. The minimum atomic E-state index is -1.19. The van der Waals surface area contributed by atoms with Crippen LogP contribution in [0.3, 0.4) is 0 Å². The van der Waals surface area contributed by atoms with Crippen molar-refractivity contribution in [3.63, 3.8) is 0 Å². The molecule has 0 radical (unpaired) electrons. The third-order valence-corrected chi connectivity index (χ3v) is 0.348. The monoisotopic (exact) mass is 131 g/mol. The average molecular weight is 131 g/mol. The van der Waals surface area contributed by atoms with Crippen LogP contribution in [0.25, 0.3) is 0 Å². The number of aliphatic carboxylic acids is 1. The van der Waals surface area contributed by atoms with Gasteiger partial charge in [-0.1, -0.05) is 6.58 Å². The lowest BCUT2D eigenvalue weighted by Crippen LogP contribution is -2.22. The van der Waals surface area contributed by atoms with Crippen molar-refractivity contribution in [3.05, 3.63) is 22.3 Å². The van der Waals surface area contributed by atoms with E-state index < -0.39 is 5.97 Å². The summed E-state index contributed by atoms with van der Waals surface area (Å²) in [5, 5.41) is 18.5. The lowest BCUT2D eigenvalue weighted by Gasteiger charge is -1.93. The third kappa shape index (κ3) is 20.6. The predicted molar refractivity (Wildman–Crippen MR) is 29.0 cm³/mol. The highest BCUT2D eigenvalue weighted by molar-refractivity contribution is 5.82. The van der Waals surface area contributed by atoms with E-state index in [1.54, 1.807) is 0 Å². The fourth-order valence-electron chi connectivity index (χ4n) is 0. The molecule has 0 aliphatic rings. The van der Waals surface area contributed by atoms with Gasteiger partial charge in [0.2, 0.25) is 0 Å². The van der Waals surface area contributed by atoms with Crippen LogP contribution in [0, 0.1) is 10.1 Å². The zero-order valence-electron chi connectivity index (χ0n) is 4.79. The van der Waals surface area contributed by atoms with Gasteiger partial charge in [-0.2, -0.15) is 0 Å². The van der Waals surface area contributed by atoms with Gasteiger partial charge in [-0.3, -0.25) is 0 Å². The highest BCUT2D eigenvalue weighted by atomic mass is 16.6. The van der Waals surface area contributed by atoms with Crippen LogP contribution in [0.15, 0.2) is 17.5 Å². The summed E-state index contributed by atoms with van der Waals surface area (Å²) < 4.78 is 0. The first-order chi connectivity index (χ1) is 4.06. The van der Waals surface area contributed by atoms with E-state index in [1.807, 2.05) is 0 Å². The maximum Gasteiger partial charge on any atom is 0.0666 e. The Hall–Kier alpha value is -1.39. The van der Waals surface area contributed by atoms with Crippen LogP contribution in [0.1, 0.15) is 6.92 Å². The van der Waals surface area contributed by atoms with Crippen LogP contribution in [-0.4, -0.2) is 5.97 Å². The maximum absolute atomic E-state index is 9.49. The number of rotatable bonds is 1. The molecule has 5 heteroatoms. The molecule has 0 fully saturated rings. The number of carbonyl (C=O) groups is 1. The molecular formula is C4H5NO4-2. The maximum atomic E-state index is 9.49. The molecule has 0 atom stereocenters. The molecule has 52 valence electrons. The SMILES string of the molecule is C=C(C)C(=O)[O-].O=N[O-]. The summed E-state index contributed by atoms with van der Waals surface area (Å²) in [4.78, 5) is 17.5. The van der Waals surface area contributed by atoms with Crippen molar-refractivity contribution in [3.8, 4) is 0 Å². The Morgan fingerprint density at radius 2 is 1.78 bits per heavy atom. The minimum Gasteiger partial charge on any atom is -0.545 e. The van der Waals surface area contributed by atoms with E-state index in [4.69, 9.17) is 10.1 Å². The Morgan fingerprint density at radius 3 is 1.78 bits per heavy atom. The van der Waals surface area contributed by atoms with Crippen molar-refractivity contribution in [2.75, 3.05) is 0 Å². The molecule has 0 heterocycles. The molecule has 5 nitrogen and oxygen atoms in total. The smallest absolute Gasteiger partial charge is 0.0666 e. The number of nitrogens with zero attached hydrogens (tertiary/aromatic N) is 1. The Kier molecular flexibility index (Phi) is 7.76. The number of carboxylic acid groups (broad SMARTS) is 1. The first-order valence-corrected chi connectivity index (χ1v) is 1.88. The van der Waals surface area contributed by atoms with Crippen LogP contribution in [0.4, 0.5) is 0 Å². The van der Waals surface area contributed by atoms with E-state index in [-0.39, 0.29) is 5.57 Å². The van der Waals surface area contributed by atoms with Gasteiger partial charge in [-0.15, -0.1) is 5.34 Å². The van der Waals surface area contributed by atoms with Crippen LogP contribution in [0.5, 0.6) is 0 Å². The second-order valence-corrected chi connectivity index (χ2v) is 1.14. The van der Waals surface area contributed by atoms with Gasteiger partial charge in [0.05, 0.1) is 5.97 Å². The van der Waals surface area contributed by atoms with Crippen molar-refractivity contribution in [2.45, 2.75) is 6.92 Å². The standard InChI is InChI=1S/C4H6O2.HNO2/c1-3(2)4(5)6;2-1-3/h1H2,2H3,(H,5,6);(H,2,3)/p-2. The zero-order valence-corrected chi connectivity index (χ0v) is 4.79. The first kappa shape index (κ1) is 10.6. The molecule has 0 saturated heterocycles. The fourth-order valence-corrected chi connectivity index (χ4v) is 0. The summed E-state index contributed by atoms with van der Waals surface area (Å²) in [7, 11) is 0. The van der Waals surface area contributed by atoms with Crippen molar-refractivity contribution in [1.82, 2.24) is 0 Å². The molecule has 0 aliphatic carbocycles. The van der Waals surface area contributed by atoms with Gasteiger partial charge in [0.25, 0.3) is 0 Å². The molecule has 0 aliphatic heterocycles. The number of carbonyl (C=O) groups excluding carboxylic acids is 1. The molecule has 0 rings (SSSR count). The molecule has 0 saturated carbocycles. The quantitative estimate of drug-likeness (QED) is 0.274. The van der Waals surface area contributed by atoms with Gasteiger partial charge in [-0.25, -0.2) is 0 Å². The number of hydrogen-bond acceptors (Lipinski definition) is 5. The summed E-state index contributed by atoms with van der Waals surface area (Å²) in [6.45, 7) is 4.48. The zero-order chi connectivity index (χ0) is 7.86. The van der Waals surface area contributed by atoms with Crippen molar-refractivity contribution in [1.29, 1.82) is 0 Å². The average Bonchev–Trinajstić information content (AvgIpc) is 1.68. The topological polar surface area (TPSA) is 92.6 Å². The molecule has 0 bridgehead atoms. The second kappa shape index (κ2) is 6.61. The van der Waals surface area contributed by atoms with Gasteiger partial charge in [0.15, 0.2) is 0 Å². The van der Waals surface area contributed by atoms with Crippen LogP contribution >= 0.6 is 0 Å². The predicted octanol–water partition coefficient (Wildman–Crippen LogP) is -0.437. The first-order valence-electron chi connectivity index (χ1n) is 1.88. The largest absolute Gasteiger partial charge is 0.545 e. The Bertz CT molecular complexity index is 108. The molecule has 0 amide bonds. The van der Waals surface area contributed by atoms with E-state index in [9.17, 15) is 9.90 Å². The van der Waals surface area contributed by atoms with Gasteiger partial charge in [0, 0.05) is 0 Å². The molecule has 0 aromatic rings. The highest BCUT2D eigenvalue weighted by Crippen LogP contribution is 1.77. The van der Waals surface area contributed by atoms with Crippen molar-refractivity contribution < 1.29 is 9.90 Å². The Morgan fingerprint density at radius 1 is 1.67 bits per heavy atom. The molecule has 0 unspecified atom stereocenters. The van der Waals surface area contributed by atoms with E-state index in [1.165, 1.54) is 6.92 Å². The van der Waals surface area contributed by atoms with E-state index in [0.717, 1.165) is 5.34 Å². The van der Waals surface area contributed by atoms with E-state index >= 15 is 0 Å². The van der Waals surface area contributed by atoms with Gasteiger partial charge >= 0.3 is 0 Å². The van der Waals surface area contributed by atoms with Gasteiger partial charge < -0.3 is 20.0 Å². The summed E-state index contributed by atoms with van der Waals surface area (Å²) >= 11 is 0. The number of hydrogen-bond donors (Lipinski definition) is 0. The van der Waals surface area contributed by atoms with Gasteiger partial charge in [0.1, 0.15) is 0 Å². The van der Waals surface area contributed by atoms with Gasteiger partial charge in [-0.05, 0) is 12.5 Å². The molecule has 9 heavy (non-hydrogen) atoms. The lowest BCUT2D eigenvalue weighted by molar-refractivity contribution is -0.299. The summed E-state index contributed by atoms with van der Waals surface area (Å²) in [6, 6.07) is 0.